The molecule has 0 spiro atoms. The molecular weight excluding hydrogens is 729 g/mol. The average molecular weight is 759 g/mol. The fourth-order valence-electron chi connectivity index (χ4n) is 8.10. The number of rotatable bonds is 6. The van der Waals surface area contributed by atoms with Crippen LogP contribution in [0.4, 0.5) is 13.2 Å². The van der Waals surface area contributed by atoms with E-state index >= 15 is 13.2 Å². The number of ether oxygens (including phenoxy) is 1. The first-order valence-electron chi connectivity index (χ1n) is 18.0. The average Bonchev–Trinajstić information content (AvgIpc) is 3.82. The number of nitriles is 3. The van der Waals surface area contributed by atoms with Gasteiger partial charge in [-0.05, 0) is 47.6 Å². The Balaban J connectivity index is 1.26. The van der Waals surface area contributed by atoms with Gasteiger partial charge in [-0.25, -0.2) is 0 Å². The van der Waals surface area contributed by atoms with Crippen molar-refractivity contribution >= 4 is 39.2 Å². The Morgan fingerprint density at radius 3 is 2.16 bits per heavy atom. The van der Waals surface area contributed by atoms with E-state index in [1.54, 1.807) is 24.3 Å². The zero-order valence-electron chi connectivity index (χ0n) is 29.7. The van der Waals surface area contributed by atoms with Gasteiger partial charge in [0, 0.05) is 51.0 Å². The highest BCUT2D eigenvalue weighted by Gasteiger charge is 2.65. The fraction of sp³-hybridized carbons (Fsp3) is 0.128. The first-order chi connectivity index (χ1) is 27.2. The zero-order valence-corrected chi connectivity index (χ0v) is 30.5. The molecule has 3 aliphatic rings. The first kappa shape index (κ1) is 36.2. The Hall–Kier alpha value is -6.79. The van der Waals surface area contributed by atoms with E-state index in [2.05, 4.69) is 59.2 Å². The largest absolute Gasteiger partial charge is 0.465 e. The Morgan fingerprint density at radius 2 is 1.46 bits per heavy atom. The van der Waals surface area contributed by atoms with Crippen molar-refractivity contribution in [3.05, 3.63) is 195 Å². The van der Waals surface area contributed by atoms with Crippen LogP contribution in [0.2, 0.25) is 0 Å². The van der Waals surface area contributed by atoms with E-state index in [4.69, 9.17) is 16.3 Å². The Kier molecular flexibility index (Phi) is 9.35. The molecule has 9 heteroatoms. The summed E-state index contributed by atoms with van der Waals surface area (Å²) in [6.45, 7) is 0.753. The van der Waals surface area contributed by atoms with Crippen LogP contribution >= 0.6 is 11.6 Å². The molecule has 0 saturated carbocycles. The van der Waals surface area contributed by atoms with Gasteiger partial charge in [-0.2, -0.15) is 29.0 Å². The van der Waals surface area contributed by atoms with Crippen LogP contribution in [0.1, 0.15) is 46.4 Å². The Labute approximate surface area is 326 Å². The summed E-state index contributed by atoms with van der Waals surface area (Å²) in [5.74, 6) is -0.727. The summed E-state index contributed by atoms with van der Waals surface area (Å²) in [4.78, 5) is 0. The summed E-state index contributed by atoms with van der Waals surface area (Å²) in [7, 11) is 0. The fourth-order valence-corrected chi connectivity index (χ4v) is 8.43. The second kappa shape index (κ2) is 14.5. The van der Waals surface area contributed by atoms with E-state index in [-0.39, 0.29) is 5.56 Å². The van der Waals surface area contributed by atoms with Gasteiger partial charge in [0.05, 0.1) is 5.03 Å². The number of halogens is 4. The van der Waals surface area contributed by atoms with E-state index in [9.17, 15) is 15.8 Å². The van der Waals surface area contributed by atoms with E-state index in [1.165, 1.54) is 69.7 Å². The number of fused-ring (bicyclic) bond motifs is 4. The highest BCUT2D eigenvalue weighted by molar-refractivity contribution is 6.42. The maximum Gasteiger partial charge on any atom is 0.437 e. The van der Waals surface area contributed by atoms with Crippen LogP contribution in [0.5, 0.6) is 0 Å². The summed E-state index contributed by atoms with van der Waals surface area (Å²) >= 11 is 7.17. The zero-order chi connectivity index (χ0) is 39.0. The summed E-state index contributed by atoms with van der Waals surface area (Å²) in [5, 5.41) is 31.0. The predicted molar refractivity (Wildman–Crippen MR) is 211 cm³/mol. The predicted octanol–water partition coefficient (Wildman–Crippen LogP) is 11.6. The molecule has 4 aromatic carbocycles. The second-order valence-electron chi connectivity index (χ2n) is 13.6. The molecule has 56 heavy (non-hydrogen) atoms. The van der Waals surface area contributed by atoms with Crippen molar-refractivity contribution in [3.8, 4) is 18.2 Å². The van der Waals surface area contributed by atoms with E-state index in [0.717, 1.165) is 31.4 Å². The molecule has 1 aliphatic heterocycles. The molecular formula is C47H30ClF3N4O. The molecule has 1 aromatic heterocycles. The van der Waals surface area contributed by atoms with Crippen LogP contribution in [-0.4, -0.2) is 10.7 Å². The summed E-state index contributed by atoms with van der Waals surface area (Å²) in [6, 6.07) is 38.1. The van der Waals surface area contributed by atoms with E-state index in [0.29, 0.717) is 21.7 Å². The third kappa shape index (κ3) is 5.86. The minimum absolute atomic E-state index is 0.318. The van der Waals surface area contributed by atoms with E-state index < -0.39 is 34.3 Å². The standard InChI is InChI=1S/C47H30ClF3N4O/c48-44-36(23-22-31-14-11-21-42-43(31)38-19-9-10-20-41(38)55(42)29-30-12-3-1-4-13-30)34-17-7-8-18-35(34)37(44)24-25-40-39(28-54)45(32(26-52)27-53)56-46(40,47(49,50)51)33-15-5-2-6-16-33/h1-10,12-13,15-20,22-25H,11,14,21,29H2/b25-24+,31-22+,36-23-. The van der Waals surface area contributed by atoms with Crippen molar-refractivity contribution in [2.24, 2.45) is 0 Å². The molecule has 1 unspecified atom stereocenters. The number of hydrogen-bond acceptors (Lipinski definition) is 4. The minimum Gasteiger partial charge on any atom is -0.465 e. The summed E-state index contributed by atoms with van der Waals surface area (Å²) in [6.07, 6.45) is 4.36. The maximum atomic E-state index is 15.4. The van der Waals surface area contributed by atoms with Gasteiger partial charge in [0.2, 0.25) is 0 Å². The van der Waals surface area contributed by atoms with Crippen LogP contribution in [0.3, 0.4) is 0 Å². The second-order valence-corrected chi connectivity index (χ2v) is 14.0. The smallest absolute Gasteiger partial charge is 0.437 e. The molecule has 272 valence electrons. The van der Waals surface area contributed by atoms with Crippen LogP contribution < -0.4 is 0 Å². The number of nitrogens with zero attached hydrogens (tertiary/aromatic N) is 4. The van der Waals surface area contributed by atoms with Gasteiger partial charge in [-0.1, -0.05) is 139 Å². The van der Waals surface area contributed by atoms with Crippen LogP contribution in [-0.2, 0) is 23.3 Å². The van der Waals surface area contributed by atoms with Crippen molar-refractivity contribution in [1.82, 2.24) is 4.57 Å². The molecule has 0 N–H and O–H groups in total. The number of hydrogen-bond donors (Lipinski definition) is 0. The number of alkyl halides is 3. The van der Waals surface area contributed by atoms with Gasteiger partial charge in [0.15, 0.2) is 11.3 Å². The molecule has 0 radical (unpaired) electrons. The van der Waals surface area contributed by atoms with Gasteiger partial charge in [0.25, 0.3) is 5.60 Å². The van der Waals surface area contributed by atoms with Gasteiger partial charge >= 0.3 is 6.18 Å². The van der Waals surface area contributed by atoms with Crippen LogP contribution in [0, 0.1) is 34.0 Å². The third-order valence-corrected chi connectivity index (χ3v) is 11.0. The maximum absolute atomic E-state index is 15.4. The van der Waals surface area contributed by atoms with Crippen molar-refractivity contribution in [2.45, 2.75) is 37.6 Å². The lowest BCUT2D eigenvalue weighted by atomic mass is 9.83. The number of allylic oxidation sites excluding steroid dienone is 9. The lowest BCUT2D eigenvalue weighted by molar-refractivity contribution is -0.249. The molecule has 0 bridgehead atoms. The van der Waals surface area contributed by atoms with Crippen molar-refractivity contribution < 1.29 is 17.9 Å². The molecule has 2 aliphatic carbocycles. The normalized spacial score (nSPS) is 19.3. The molecule has 8 rings (SSSR count). The number of benzene rings is 4. The van der Waals surface area contributed by atoms with Gasteiger partial charge < -0.3 is 9.30 Å². The molecule has 0 saturated heterocycles. The summed E-state index contributed by atoms with van der Waals surface area (Å²) < 4.78 is 54.3. The number of aromatic nitrogens is 1. The highest BCUT2D eigenvalue weighted by Crippen LogP contribution is 2.56. The SMILES string of the molecule is N#CC(C#N)=C1OC(c2ccccc2)(C(F)(F)F)C(/C=C/C2=C(Cl)C(=C\C=C3/CCCc4c3c3ccccc3n4Cc3ccccc3)/c3ccccc32)=C1C#N. The van der Waals surface area contributed by atoms with Crippen molar-refractivity contribution in [3.63, 3.8) is 0 Å². The van der Waals surface area contributed by atoms with Crippen LogP contribution in [0.25, 0.3) is 27.6 Å². The van der Waals surface area contributed by atoms with Gasteiger partial charge in [-0.15, -0.1) is 0 Å². The van der Waals surface area contributed by atoms with Crippen molar-refractivity contribution in [2.75, 3.05) is 0 Å². The monoisotopic (exact) mass is 758 g/mol. The molecule has 5 aromatic rings. The molecule has 1 atom stereocenters. The topological polar surface area (TPSA) is 85.5 Å². The molecule has 0 amide bonds. The first-order valence-corrected chi connectivity index (χ1v) is 18.3. The molecule has 0 fully saturated rings. The molecule has 2 heterocycles. The number of para-hydroxylation sites is 1. The van der Waals surface area contributed by atoms with Gasteiger partial charge in [-0.3, -0.25) is 0 Å². The van der Waals surface area contributed by atoms with E-state index in [1.807, 2.05) is 36.4 Å². The summed E-state index contributed by atoms with van der Waals surface area (Å²) in [5.41, 5.74) is 3.32. The van der Waals surface area contributed by atoms with Crippen LogP contribution in [0.15, 0.2) is 161 Å². The minimum atomic E-state index is -5.11. The lowest BCUT2D eigenvalue weighted by Crippen LogP contribution is -2.43. The Bertz CT molecular complexity index is 2730. The van der Waals surface area contributed by atoms with Gasteiger partial charge in [0.1, 0.15) is 23.8 Å². The lowest BCUT2D eigenvalue weighted by Gasteiger charge is -2.33. The quantitative estimate of drug-likeness (QED) is 0.161. The molecule has 5 nitrogen and oxygen atoms in total. The highest BCUT2D eigenvalue weighted by atomic mass is 35.5. The van der Waals surface area contributed by atoms with Crippen molar-refractivity contribution in [1.29, 1.82) is 15.8 Å². The Morgan fingerprint density at radius 1 is 0.804 bits per heavy atom. The third-order valence-electron chi connectivity index (χ3n) is 10.6.